The molecule has 1 saturated carbocycles. The zero-order valence-corrected chi connectivity index (χ0v) is 13.4. The van der Waals surface area contributed by atoms with E-state index in [9.17, 15) is 18.0 Å². The van der Waals surface area contributed by atoms with Gasteiger partial charge in [-0.15, -0.1) is 0 Å². The van der Waals surface area contributed by atoms with E-state index in [1.165, 1.54) is 11.4 Å². The molecule has 21 heavy (non-hydrogen) atoms. The highest BCUT2D eigenvalue weighted by molar-refractivity contribution is 7.89. The number of rotatable bonds is 3. The van der Waals surface area contributed by atoms with E-state index in [0.717, 1.165) is 0 Å². The van der Waals surface area contributed by atoms with Gasteiger partial charge in [0, 0.05) is 13.1 Å². The maximum atomic E-state index is 12.9. The molecule has 0 aromatic heterocycles. The lowest BCUT2D eigenvalue weighted by atomic mass is 10.0. The first-order valence-electron chi connectivity index (χ1n) is 7.10. The smallest absolute Gasteiger partial charge is 0.310 e. The molecule has 1 aliphatic carbocycles. The summed E-state index contributed by atoms with van der Waals surface area (Å²) in [6.07, 6.45) is 1.61. The van der Waals surface area contributed by atoms with Crippen LogP contribution in [0.5, 0.6) is 0 Å². The summed E-state index contributed by atoms with van der Waals surface area (Å²) in [5, 5.41) is 1.88. The average Bonchev–Trinajstić information content (AvgIpc) is 2.90. The summed E-state index contributed by atoms with van der Waals surface area (Å²) in [5.41, 5.74) is -1.14. The Morgan fingerprint density at radius 2 is 2.05 bits per heavy atom. The number of carbonyl (C=O) groups is 2. The predicted molar refractivity (Wildman–Crippen MR) is 75.9 cm³/mol. The highest BCUT2D eigenvalue weighted by Gasteiger charge is 2.51. The summed E-state index contributed by atoms with van der Waals surface area (Å²) in [5.74, 6) is -1.44. The molecule has 120 valence electrons. The van der Waals surface area contributed by atoms with E-state index in [-0.39, 0.29) is 19.0 Å². The molecule has 2 aliphatic rings. The SMILES string of the molecule is COC(=O)C1CCCC1S(=O)(=O)N1CCNC(=O)C1(C)C. The van der Waals surface area contributed by atoms with Crippen molar-refractivity contribution >= 4 is 21.9 Å². The van der Waals surface area contributed by atoms with Gasteiger partial charge in [0.25, 0.3) is 0 Å². The molecule has 2 unspecified atom stereocenters. The lowest BCUT2D eigenvalue weighted by Gasteiger charge is -2.41. The normalized spacial score (nSPS) is 30.0. The minimum Gasteiger partial charge on any atom is -0.469 e. The third-order valence-electron chi connectivity index (χ3n) is 4.43. The summed E-state index contributed by atoms with van der Waals surface area (Å²) >= 11 is 0. The van der Waals surface area contributed by atoms with Crippen molar-refractivity contribution in [2.45, 2.75) is 43.9 Å². The van der Waals surface area contributed by atoms with Gasteiger partial charge < -0.3 is 10.1 Å². The monoisotopic (exact) mass is 318 g/mol. The predicted octanol–water partition coefficient (Wildman–Crippen LogP) is -0.132. The highest BCUT2D eigenvalue weighted by Crippen LogP contribution is 2.36. The Bertz CT molecular complexity index is 543. The molecule has 0 aromatic carbocycles. The molecule has 1 saturated heterocycles. The quantitative estimate of drug-likeness (QED) is 0.732. The van der Waals surface area contributed by atoms with Gasteiger partial charge in [0.05, 0.1) is 18.3 Å². The van der Waals surface area contributed by atoms with E-state index < -0.39 is 32.7 Å². The molecule has 0 aromatic rings. The van der Waals surface area contributed by atoms with Crippen LogP contribution >= 0.6 is 0 Å². The Morgan fingerprint density at radius 1 is 1.38 bits per heavy atom. The van der Waals surface area contributed by atoms with Crippen molar-refractivity contribution in [3.8, 4) is 0 Å². The standard InChI is InChI=1S/C13H22N2O5S/c1-13(2)12(17)14-7-8-15(13)21(18,19)10-6-4-5-9(10)11(16)20-3/h9-10H,4-8H2,1-3H3,(H,14,17). The number of nitrogens with one attached hydrogen (secondary N) is 1. The van der Waals surface area contributed by atoms with Gasteiger partial charge in [-0.1, -0.05) is 6.42 Å². The zero-order chi connectivity index (χ0) is 15.8. The number of hydrogen-bond acceptors (Lipinski definition) is 5. The molecule has 2 atom stereocenters. The summed E-state index contributed by atoms with van der Waals surface area (Å²) in [7, 11) is -2.47. The molecule has 1 aliphatic heterocycles. The summed E-state index contributed by atoms with van der Waals surface area (Å²) in [6.45, 7) is 3.69. The van der Waals surface area contributed by atoms with E-state index >= 15 is 0 Å². The second-order valence-corrected chi connectivity index (χ2v) is 8.11. The Balaban J connectivity index is 2.33. The van der Waals surface area contributed by atoms with Gasteiger partial charge in [-0.3, -0.25) is 9.59 Å². The van der Waals surface area contributed by atoms with Crippen LogP contribution in [-0.2, 0) is 24.3 Å². The van der Waals surface area contributed by atoms with Crippen molar-refractivity contribution < 1.29 is 22.7 Å². The fourth-order valence-corrected chi connectivity index (χ4v) is 5.71. The summed E-state index contributed by atoms with van der Waals surface area (Å²) < 4.78 is 31.8. The number of amides is 1. The molecule has 2 fully saturated rings. The largest absolute Gasteiger partial charge is 0.469 e. The van der Waals surface area contributed by atoms with E-state index in [0.29, 0.717) is 19.3 Å². The van der Waals surface area contributed by atoms with Crippen molar-refractivity contribution in [2.24, 2.45) is 5.92 Å². The molecule has 0 radical (unpaired) electrons. The summed E-state index contributed by atoms with van der Waals surface area (Å²) in [4.78, 5) is 23.7. The van der Waals surface area contributed by atoms with Crippen LogP contribution in [0.15, 0.2) is 0 Å². The number of hydrogen-bond donors (Lipinski definition) is 1. The maximum absolute atomic E-state index is 12.9. The van der Waals surface area contributed by atoms with Gasteiger partial charge in [-0.25, -0.2) is 8.42 Å². The lowest BCUT2D eigenvalue weighted by Crippen LogP contribution is -2.64. The lowest BCUT2D eigenvalue weighted by molar-refractivity contribution is -0.145. The fourth-order valence-electron chi connectivity index (χ4n) is 3.19. The maximum Gasteiger partial charge on any atom is 0.310 e. The minimum atomic E-state index is -3.73. The molecule has 2 rings (SSSR count). The molecule has 1 amide bonds. The van der Waals surface area contributed by atoms with Crippen LogP contribution in [0.3, 0.4) is 0 Å². The highest BCUT2D eigenvalue weighted by atomic mass is 32.2. The summed E-state index contributed by atoms with van der Waals surface area (Å²) in [6, 6.07) is 0. The molecule has 0 bridgehead atoms. The van der Waals surface area contributed by atoms with E-state index in [1.807, 2.05) is 0 Å². The Morgan fingerprint density at radius 3 is 2.67 bits per heavy atom. The van der Waals surface area contributed by atoms with Crippen LogP contribution < -0.4 is 5.32 Å². The minimum absolute atomic E-state index is 0.228. The van der Waals surface area contributed by atoms with Crippen molar-refractivity contribution in [1.29, 1.82) is 0 Å². The topological polar surface area (TPSA) is 92.8 Å². The molecule has 1 heterocycles. The average molecular weight is 318 g/mol. The van der Waals surface area contributed by atoms with E-state index in [2.05, 4.69) is 5.32 Å². The van der Waals surface area contributed by atoms with E-state index in [1.54, 1.807) is 13.8 Å². The number of sulfonamides is 1. The Kier molecular flexibility index (Phi) is 4.30. The first-order valence-corrected chi connectivity index (χ1v) is 8.61. The van der Waals surface area contributed by atoms with Gasteiger partial charge in [-0.2, -0.15) is 4.31 Å². The van der Waals surface area contributed by atoms with Crippen LogP contribution in [0.2, 0.25) is 0 Å². The number of esters is 1. The molecule has 7 nitrogen and oxygen atoms in total. The third-order valence-corrected chi connectivity index (χ3v) is 7.01. The first kappa shape index (κ1) is 16.2. The van der Waals surface area contributed by atoms with Gasteiger partial charge >= 0.3 is 5.97 Å². The van der Waals surface area contributed by atoms with Gasteiger partial charge in [-0.05, 0) is 26.7 Å². The molecule has 0 spiro atoms. The van der Waals surface area contributed by atoms with Crippen LogP contribution in [-0.4, -0.2) is 55.6 Å². The second kappa shape index (κ2) is 5.57. The van der Waals surface area contributed by atoms with Crippen LogP contribution in [0.1, 0.15) is 33.1 Å². The van der Waals surface area contributed by atoms with Crippen LogP contribution in [0.4, 0.5) is 0 Å². The van der Waals surface area contributed by atoms with Crippen molar-refractivity contribution in [3.63, 3.8) is 0 Å². The molecule has 1 N–H and O–H groups in total. The third kappa shape index (κ3) is 2.66. The van der Waals surface area contributed by atoms with Crippen molar-refractivity contribution in [2.75, 3.05) is 20.2 Å². The molecular weight excluding hydrogens is 296 g/mol. The van der Waals surface area contributed by atoms with Crippen molar-refractivity contribution in [1.82, 2.24) is 9.62 Å². The van der Waals surface area contributed by atoms with Gasteiger partial charge in [0.2, 0.25) is 15.9 Å². The first-order chi connectivity index (χ1) is 9.72. The Hall–Kier alpha value is -1.15. The fraction of sp³-hybridized carbons (Fsp3) is 0.846. The van der Waals surface area contributed by atoms with E-state index in [4.69, 9.17) is 4.74 Å². The molecule has 8 heteroatoms. The number of nitrogens with zero attached hydrogens (tertiary/aromatic N) is 1. The molecular formula is C13H22N2O5S. The van der Waals surface area contributed by atoms with Crippen LogP contribution in [0, 0.1) is 5.92 Å². The second-order valence-electron chi connectivity index (χ2n) is 6.03. The Labute approximate surface area is 125 Å². The number of carbonyl (C=O) groups excluding carboxylic acids is 2. The van der Waals surface area contributed by atoms with Gasteiger partial charge in [0.15, 0.2) is 0 Å². The zero-order valence-electron chi connectivity index (χ0n) is 12.6. The number of methoxy groups -OCH3 is 1. The number of piperazine rings is 1. The number of ether oxygens (including phenoxy) is 1. The van der Waals surface area contributed by atoms with Gasteiger partial charge in [0.1, 0.15) is 5.54 Å². The van der Waals surface area contributed by atoms with Crippen molar-refractivity contribution in [3.05, 3.63) is 0 Å². The van der Waals surface area contributed by atoms with Crippen LogP contribution in [0.25, 0.3) is 0 Å².